The molecule has 33 heavy (non-hydrogen) atoms. The molecule has 1 aliphatic heterocycles. The van der Waals surface area contributed by atoms with Gasteiger partial charge in [-0.15, -0.1) is 0 Å². The van der Waals surface area contributed by atoms with E-state index in [9.17, 15) is 14.4 Å². The Kier molecular flexibility index (Phi) is 6.55. The molecule has 10 heteroatoms. The molecule has 0 atom stereocenters. The van der Waals surface area contributed by atoms with Crippen molar-refractivity contribution in [3.63, 3.8) is 0 Å². The van der Waals surface area contributed by atoms with Gasteiger partial charge in [0, 0.05) is 37.2 Å². The van der Waals surface area contributed by atoms with Crippen molar-refractivity contribution in [1.82, 2.24) is 25.1 Å². The molecule has 3 N–H and O–H groups in total. The van der Waals surface area contributed by atoms with Crippen LogP contribution in [0.2, 0.25) is 0 Å². The van der Waals surface area contributed by atoms with Crippen LogP contribution in [0.3, 0.4) is 0 Å². The van der Waals surface area contributed by atoms with E-state index in [1.165, 1.54) is 0 Å². The lowest BCUT2D eigenvalue weighted by molar-refractivity contribution is -0.136. The van der Waals surface area contributed by atoms with Crippen molar-refractivity contribution in [3.05, 3.63) is 60.0 Å². The number of aromatic nitrogens is 2. The van der Waals surface area contributed by atoms with Gasteiger partial charge < -0.3 is 15.1 Å². The fourth-order valence-electron chi connectivity index (χ4n) is 3.86. The van der Waals surface area contributed by atoms with Gasteiger partial charge in [0.2, 0.25) is 0 Å². The Balaban J connectivity index is 1.31. The summed E-state index contributed by atoms with van der Waals surface area (Å²) in [5, 5.41) is 2.54. The number of amides is 3. The Morgan fingerprint density at radius 3 is 2.48 bits per heavy atom. The first-order valence-corrected chi connectivity index (χ1v) is 10.8. The molecule has 10 nitrogen and oxygen atoms in total. The number of hydrogen-bond acceptors (Lipinski definition) is 6. The largest absolute Gasteiger partial charge is 0.370 e. The summed E-state index contributed by atoms with van der Waals surface area (Å²) in [7, 11) is 2.12. The van der Waals surface area contributed by atoms with Crippen LogP contribution in [-0.2, 0) is 9.59 Å². The number of likely N-dealkylation sites (N-methyl/N-ethyl adjacent to an activating group) is 1. The molecule has 0 aliphatic carbocycles. The van der Waals surface area contributed by atoms with Crippen LogP contribution in [0.25, 0.3) is 5.65 Å². The van der Waals surface area contributed by atoms with E-state index in [0.717, 1.165) is 38.3 Å². The standard InChI is InChI=1S/C23H27N7O3/c1-16-20(30-13-4-3-6-19(30)24-16)21(31)26-27-23(33)22(32)25-17-7-9-18(10-8-17)29-12-5-11-28(2)14-15-29/h3-4,6-10,13H,5,11-12,14-15H2,1-2H3,(H,25,32)(H,26,31)(H,27,33). The van der Waals surface area contributed by atoms with E-state index < -0.39 is 17.7 Å². The molecule has 0 saturated carbocycles. The summed E-state index contributed by atoms with van der Waals surface area (Å²) in [6.07, 6.45) is 2.79. The molecule has 2 aromatic heterocycles. The normalized spacial score (nSPS) is 14.5. The maximum Gasteiger partial charge on any atom is 0.328 e. The number of pyridine rings is 1. The van der Waals surface area contributed by atoms with Crippen molar-refractivity contribution >= 4 is 34.7 Å². The van der Waals surface area contributed by atoms with Gasteiger partial charge in [0.15, 0.2) is 0 Å². The molecule has 1 fully saturated rings. The second-order valence-corrected chi connectivity index (χ2v) is 8.03. The number of aryl methyl sites for hydroxylation is 1. The molecule has 0 spiro atoms. The number of nitrogens with one attached hydrogen (secondary N) is 3. The van der Waals surface area contributed by atoms with Crippen molar-refractivity contribution in [2.24, 2.45) is 0 Å². The number of anilines is 2. The maximum absolute atomic E-state index is 12.5. The first kappa shape index (κ1) is 22.3. The van der Waals surface area contributed by atoms with E-state index in [1.54, 1.807) is 41.8 Å². The molecule has 3 amide bonds. The molecule has 3 heterocycles. The number of hydrogen-bond donors (Lipinski definition) is 3. The van der Waals surface area contributed by atoms with E-state index in [0.29, 0.717) is 17.0 Å². The SMILES string of the molecule is Cc1nc2ccccn2c1C(=O)NNC(=O)C(=O)Nc1ccc(N2CCCN(C)CC2)cc1. The molecular formula is C23H27N7O3. The third kappa shape index (κ3) is 5.12. The predicted octanol–water partition coefficient (Wildman–Crippen LogP) is 1.18. The first-order chi connectivity index (χ1) is 15.9. The maximum atomic E-state index is 12.5. The number of fused-ring (bicyclic) bond motifs is 1. The topological polar surface area (TPSA) is 111 Å². The van der Waals surface area contributed by atoms with Crippen LogP contribution in [0.1, 0.15) is 22.6 Å². The molecular weight excluding hydrogens is 422 g/mol. The van der Waals surface area contributed by atoms with E-state index in [4.69, 9.17) is 0 Å². The fourth-order valence-corrected chi connectivity index (χ4v) is 3.86. The van der Waals surface area contributed by atoms with Crippen LogP contribution in [0, 0.1) is 6.92 Å². The molecule has 1 aliphatic rings. The van der Waals surface area contributed by atoms with E-state index >= 15 is 0 Å². The molecule has 0 bridgehead atoms. The third-order valence-corrected chi connectivity index (χ3v) is 5.62. The van der Waals surface area contributed by atoms with Crippen molar-refractivity contribution in [3.8, 4) is 0 Å². The van der Waals surface area contributed by atoms with E-state index in [-0.39, 0.29) is 5.69 Å². The van der Waals surface area contributed by atoms with Crippen LogP contribution in [0.4, 0.5) is 11.4 Å². The smallest absolute Gasteiger partial charge is 0.328 e. The minimum absolute atomic E-state index is 0.279. The molecule has 1 aromatic carbocycles. The number of nitrogens with zero attached hydrogens (tertiary/aromatic N) is 4. The lowest BCUT2D eigenvalue weighted by Gasteiger charge is -2.23. The number of carbonyl (C=O) groups excluding carboxylic acids is 3. The molecule has 172 valence electrons. The van der Waals surface area contributed by atoms with Gasteiger partial charge in [-0.1, -0.05) is 6.07 Å². The highest BCUT2D eigenvalue weighted by atomic mass is 16.2. The van der Waals surface area contributed by atoms with Crippen molar-refractivity contribution in [1.29, 1.82) is 0 Å². The number of rotatable bonds is 3. The second-order valence-electron chi connectivity index (χ2n) is 8.03. The second kappa shape index (κ2) is 9.70. The number of hydrazine groups is 1. The molecule has 3 aromatic rings. The minimum atomic E-state index is -0.977. The van der Waals surface area contributed by atoms with E-state index in [2.05, 4.69) is 38.0 Å². The quantitative estimate of drug-likeness (QED) is 0.409. The molecule has 0 unspecified atom stereocenters. The third-order valence-electron chi connectivity index (χ3n) is 5.62. The van der Waals surface area contributed by atoms with Gasteiger partial charge in [-0.05, 0) is 63.3 Å². The zero-order chi connectivity index (χ0) is 23.4. The summed E-state index contributed by atoms with van der Waals surface area (Å²) in [5.41, 5.74) is 7.39. The van der Waals surface area contributed by atoms with Crippen LogP contribution in [-0.4, -0.2) is 65.2 Å². The monoisotopic (exact) mass is 449 g/mol. The lowest BCUT2D eigenvalue weighted by atomic mass is 10.2. The van der Waals surface area contributed by atoms with Crippen molar-refractivity contribution in [2.45, 2.75) is 13.3 Å². The van der Waals surface area contributed by atoms with Crippen LogP contribution < -0.4 is 21.1 Å². The zero-order valence-electron chi connectivity index (χ0n) is 18.7. The number of imidazole rings is 1. The highest BCUT2D eigenvalue weighted by Gasteiger charge is 2.19. The van der Waals surface area contributed by atoms with Gasteiger partial charge in [-0.3, -0.25) is 29.6 Å². The Morgan fingerprint density at radius 1 is 0.909 bits per heavy atom. The van der Waals surface area contributed by atoms with Crippen LogP contribution in [0.15, 0.2) is 48.7 Å². The van der Waals surface area contributed by atoms with Gasteiger partial charge in [-0.25, -0.2) is 4.98 Å². The summed E-state index contributed by atoms with van der Waals surface area (Å²) in [6, 6.07) is 12.7. The fraction of sp³-hybridized carbons (Fsp3) is 0.304. The zero-order valence-corrected chi connectivity index (χ0v) is 18.7. The van der Waals surface area contributed by atoms with Crippen molar-refractivity contribution in [2.75, 3.05) is 43.4 Å². The predicted molar refractivity (Wildman–Crippen MR) is 125 cm³/mol. The highest BCUT2D eigenvalue weighted by Crippen LogP contribution is 2.19. The van der Waals surface area contributed by atoms with Gasteiger partial charge in [-0.2, -0.15) is 0 Å². The van der Waals surface area contributed by atoms with Gasteiger partial charge in [0.25, 0.3) is 5.91 Å². The summed E-state index contributed by atoms with van der Waals surface area (Å²) in [6.45, 7) is 5.69. The average molecular weight is 450 g/mol. The van der Waals surface area contributed by atoms with Gasteiger partial charge in [0.05, 0.1) is 5.69 Å². The molecule has 1 saturated heterocycles. The summed E-state index contributed by atoms with van der Waals surface area (Å²) in [4.78, 5) is 45.9. The van der Waals surface area contributed by atoms with Crippen LogP contribution >= 0.6 is 0 Å². The number of benzene rings is 1. The Labute approximate surface area is 191 Å². The van der Waals surface area contributed by atoms with Crippen LogP contribution in [0.5, 0.6) is 0 Å². The lowest BCUT2D eigenvalue weighted by Crippen LogP contribution is -2.47. The van der Waals surface area contributed by atoms with E-state index in [1.807, 2.05) is 18.2 Å². The summed E-state index contributed by atoms with van der Waals surface area (Å²) >= 11 is 0. The van der Waals surface area contributed by atoms with Gasteiger partial charge >= 0.3 is 11.8 Å². The van der Waals surface area contributed by atoms with Gasteiger partial charge in [0.1, 0.15) is 11.3 Å². The summed E-state index contributed by atoms with van der Waals surface area (Å²) in [5.74, 6) is -2.43. The molecule has 4 rings (SSSR count). The minimum Gasteiger partial charge on any atom is -0.370 e. The average Bonchev–Trinajstić information content (AvgIpc) is 2.99. The molecule has 0 radical (unpaired) electrons. The Bertz CT molecular complexity index is 1170. The Morgan fingerprint density at radius 2 is 1.70 bits per heavy atom. The van der Waals surface area contributed by atoms with Crippen molar-refractivity contribution < 1.29 is 14.4 Å². The summed E-state index contributed by atoms with van der Waals surface area (Å²) < 4.78 is 1.61. The first-order valence-electron chi connectivity index (χ1n) is 10.8. The Hall–Kier alpha value is -3.92. The number of carbonyl (C=O) groups is 3. The highest BCUT2D eigenvalue weighted by molar-refractivity contribution is 6.39.